The van der Waals surface area contributed by atoms with Gasteiger partial charge in [-0.1, -0.05) is 23.4 Å². The van der Waals surface area contributed by atoms with Gasteiger partial charge in [0, 0.05) is 22.9 Å². The summed E-state index contributed by atoms with van der Waals surface area (Å²) in [4.78, 5) is 0. The average molecular weight is 323 g/mol. The van der Waals surface area contributed by atoms with Crippen molar-refractivity contribution in [3.8, 4) is 11.3 Å². The van der Waals surface area contributed by atoms with Gasteiger partial charge in [0.15, 0.2) is 6.29 Å². The highest BCUT2D eigenvalue weighted by atomic mass is 16.7. The maximum absolute atomic E-state index is 6.17. The Labute approximate surface area is 139 Å². The Bertz CT molecular complexity index is 827. The van der Waals surface area contributed by atoms with Crippen LogP contribution in [0.1, 0.15) is 11.9 Å². The first-order chi connectivity index (χ1) is 11.8. The van der Waals surface area contributed by atoms with Crippen molar-refractivity contribution in [2.75, 3.05) is 24.3 Å². The molecule has 0 atom stereocenters. The summed E-state index contributed by atoms with van der Waals surface area (Å²) in [5.41, 5.74) is 11.2. The maximum Gasteiger partial charge on any atom is 0.184 e. The van der Waals surface area contributed by atoms with Crippen LogP contribution in [0.5, 0.6) is 0 Å². The molecule has 3 N–H and O–H groups in total. The second-order valence-corrected chi connectivity index (χ2v) is 5.51. The normalized spacial score (nSPS) is 14.8. The van der Waals surface area contributed by atoms with Gasteiger partial charge in [0.25, 0.3) is 0 Å². The van der Waals surface area contributed by atoms with Gasteiger partial charge < -0.3 is 25.0 Å². The first-order valence-corrected chi connectivity index (χ1v) is 7.70. The second-order valence-electron chi connectivity index (χ2n) is 5.51. The van der Waals surface area contributed by atoms with Gasteiger partial charge >= 0.3 is 0 Å². The molecule has 6 nitrogen and oxygen atoms in total. The van der Waals surface area contributed by atoms with E-state index in [-0.39, 0.29) is 6.29 Å². The molecule has 1 fully saturated rings. The highest BCUT2D eigenvalue weighted by Crippen LogP contribution is 2.31. The molecule has 1 aliphatic heterocycles. The number of hydrogen-bond donors (Lipinski definition) is 2. The smallest absolute Gasteiger partial charge is 0.184 e. The molecule has 1 aromatic heterocycles. The van der Waals surface area contributed by atoms with E-state index in [1.54, 1.807) is 6.26 Å². The molecule has 0 amide bonds. The van der Waals surface area contributed by atoms with Crippen LogP contribution < -0.4 is 11.1 Å². The summed E-state index contributed by atoms with van der Waals surface area (Å²) >= 11 is 0. The highest BCUT2D eigenvalue weighted by Gasteiger charge is 2.18. The van der Waals surface area contributed by atoms with Crippen molar-refractivity contribution in [2.24, 2.45) is 0 Å². The zero-order valence-corrected chi connectivity index (χ0v) is 12.9. The Morgan fingerprint density at radius 2 is 1.92 bits per heavy atom. The first-order valence-electron chi connectivity index (χ1n) is 7.70. The SMILES string of the molecule is Nc1cc(C2OCCO2)ccc1Nc1cccc(-c2ccon2)c1. The Morgan fingerprint density at radius 3 is 2.67 bits per heavy atom. The van der Waals surface area contributed by atoms with E-state index in [9.17, 15) is 0 Å². The summed E-state index contributed by atoms with van der Waals surface area (Å²) < 4.78 is 15.9. The lowest BCUT2D eigenvalue weighted by Gasteiger charge is -2.14. The van der Waals surface area contributed by atoms with E-state index in [0.717, 1.165) is 28.2 Å². The van der Waals surface area contributed by atoms with E-state index in [2.05, 4.69) is 10.5 Å². The Kier molecular flexibility index (Phi) is 3.90. The third-order valence-electron chi connectivity index (χ3n) is 3.84. The molecule has 0 unspecified atom stereocenters. The van der Waals surface area contributed by atoms with Crippen LogP contribution in [0.25, 0.3) is 11.3 Å². The molecule has 122 valence electrons. The predicted molar refractivity (Wildman–Crippen MR) is 90.7 cm³/mol. The van der Waals surface area contributed by atoms with Gasteiger partial charge in [-0.05, 0) is 24.3 Å². The van der Waals surface area contributed by atoms with Crippen molar-refractivity contribution in [3.05, 3.63) is 60.4 Å². The van der Waals surface area contributed by atoms with Crippen molar-refractivity contribution < 1.29 is 14.0 Å². The number of hydrogen-bond acceptors (Lipinski definition) is 6. The Balaban J connectivity index is 1.56. The number of rotatable bonds is 4. The molecule has 0 saturated carbocycles. The zero-order chi connectivity index (χ0) is 16.4. The lowest BCUT2D eigenvalue weighted by molar-refractivity contribution is -0.0440. The quantitative estimate of drug-likeness (QED) is 0.712. The van der Waals surface area contributed by atoms with E-state index in [0.29, 0.717) is 18.9 Å². The van der Waals surface area contributed by atoms with Crippen molar-refractivity contribution in [1.82, 2.24) is 5.16 Å². The number of nitrogen functional groups attached to an aromatic ring is 1. The number of benzene rings is 2. The minimum atomic E-state index is -0.322. The van der Waals surface area contributed by atoms with Gasteiger partial charge in [-0.25, -0.2) is 0 Å². The summed E-state index contributed by atoms with van der Waals surface area (Å²) in [6.07, 6.45) is 1.23. The van der Waals surface area contributed by atoms with E-state index >= 15 is 0 Å². The lowest BCUT2D eigenvalue weighted by Crippen LogP contribution is -2.02. The predicted octanol–water partition coefficient (Wildman–Crippen LogP) is 3.71. The third kappa shape index (κ3) is 2.97. The molecule has 2 aromatic carbocycles. The fourth-order valence-corrected chi connectivity index (χ4v) is 2.67. The summed E-state index contributed by atoms with van der Waals surface area (Å²) in [5, 5.41) is 7.28. The second kappa shape index (κ2) is 6.35. The van der Waals surface area contributed by atoms with Crippen LogP contribution in [0.3, 0.4) is 0 Å². The minimum Gasteiger partial charge on any atom is -0.397 e. The van der Waals surface area contributed by atoms with Crippen LogP contribution in [0.2, 0.25) is 0 Å². The molecule has 0 aliphatic carbocycles. The molecule has 3 aromatic rings. The minimum absolute atomic E-state index is 0.322. The molecular weight excluding hydrogens is 306 g/mol. The summed E-state index contributed by atoms with van der Waals surface area (Å²) in [7, 11) is 0. The third-order valence-corrected chi connectivity index (χ3v) is 3.84. The summed E-state index contributed by atoms with van der Waals surface area (Å²) in [6, 6.07) is 15.5. The number of ether oxygens (including phenoxy) is 2. The van der Waals surface area contributed by atoms with Gasteiger partial charge in [-0.3, -0.25) is 0 Å². The lowest BCUT2D eigenvalue weighted by atomic mass is 10.1. The number of nitrogens with two attached hydrogens (primary N) is 1. The number of nitrogens with one attached hydrogen (secondary N) is 1. The average Bonchev–Trinajstić information content (AvgIpc) is 3.31. The van der Waals surface area contributed by atoms with Crippen LogP contribution in [0, 0.1) is 0 Å². The zero-order valence-electron chi connectivity index (χ0n) is 12.9. The topological polar surface area (TPSA) is 82.5 Å². The standard InChI is InChI=1S/C18H17N3O3/c19-15-11-13(18-22-8-9-23-18)4-5-17(15)20-14-3-1-2-12(10-14)16-6-7-24-21-16/h1-7,10-11,18,20H,8-9,19H2. The van der Waals surface area contributed by atoms with Crippen LogP contribution in [0.4, 0.5) is 17.1 Å². The molecule has 4 rings (SSSR count). The molecule has 2 heterocycles. The maximum atomic E-state index is 6.17. The molecular formula is C18H17N3O3. The molecule has 0 spiro atoms. The van der Waals surface area contributed by atoms with E-state index in [4.69, 9.17) is 19.7 Å². The van der Waals surface area contributed by atoms with Crippen molar-refractivity contribution in [1.29, 1.82) is 0 Å². The molecule has 0 bridgehead atoms. The summed E-state index contributed by atoms with van der Waals surface area (Å²) in [6.45, 7) is 1.22. The molecule has 1 saturated heterocycles. The molecule has 6 heteroatoms. The van der Waals surface area contributed by atoms with Crippen LogP contribution >= 0.6 is 0 Å². The molecule has 0 radical (unpaired) electrons. The van der Waals surface area contributed by atoms with Crippen LogP contribution in [-0.4, -0.2) is 18.4 Å². The number of anilines is 3. The van der Waals surface area contributed by atoms with E-state index in [1.807, 2.05) is 48.5 Å². The molecule has 1 aliphatic rings. The van der Waals surface area contributed by atoms with Gasteiger partial charge in [0.05, 0.1) is 24.6 Å². The Hall–Kier alpha value is -2.83. The fourth-order valence-electron chi connectivity index (χ4n) is 2.67. The van der Waals surface area contributed by atoms with Gasteiger partial charge in [0.2, 0.25) is 0 Å². The largest absolute Gasteiger partial charge is 0.397 e. The van der Waals surface area contributed by atoms with Crippen LogP contribution in [-0.2, 0) is 9.47 Å². The number of nitrogens with zero attached hydrogens (tertiary/aromatic N) is 1. The van der Waals surface area contributed by atoms with Gasteiger partial charge in [-0.2, -0.15) is 0 Å². The highest BCUT2D eigenvalue weighted by molar-refractivity contribution is 5.75. The van der Waals surface area contributed by atoms with E-state index < -0.39 is 0 Å². The summed E-state index contributed by atoms with van der Waals surface area (Å²) in [5.74, 6) is 0. The van der Waals surface area contributed by atoms with Crippen LogP contribution in [0.15, 0.2) is 59.3 Å². The van der Waals surface area contributed by atoms with Crippen molar-refractivity contribution >= 4 is 17.1 Å². The monoisotopic (exact) mass is 323 g/mol. The van der Waals surface area contributed by atoms with Crippen molar-refractivity contribution in [3.63, 3.8) is 0 Å². The fraction of sp³-hybridized carbons (Fsp3) is 0.167. The first kappa shape index (κ1) is 14.7. The van der Waals surface area contributed by atoms with E-state index in [1.165, 1.54) is 0 Å². The van der Waals surface area contributed by atoms with Gasteiger partial charge in [0.1, 0.15) is 12.0 Å². The Morgan fingerprint density at radius 1 is 1.04 bits per heavy atom. The number of aromatic nitrogens is 1. The van der Waals surface area contributed by atoms with Crippen molar-refractivity contribution in [2.45, 2.75) is 6.29 Å². The van der Waals surface area contributed by atoms with Gasteiger partial charge in [-0.15, -0.1) is 0 Å². The molecule has 24 heavy (non-hydrogen) atoms.